The molecule has 0 saturated carbocycles. The summed E-state index contributed by atoms with van der Waals surface area (Å²) < 4.78 is 0. The Morgan fingerprint density at radius 2 is 1.05 bits per heavy atom. The Hall–Kier alpha value is -0.860. The van der Waals surface area contributed by atoms with Gasteiger partial charge in [0.2, 0.25) is 0 Å². The maximum Gasteiger partial charge on any atom is 0.0388 e. The molecule has 2 fully saturated rings. The maximum absolute atomic E-state index is 2.33. The molecule has 0 radical (unpaired) electrons. The van der Waals surface area contributed by atoms with Gasteiger partial charge in [0, 0.05) is 27.4 Å². The second-order valence-corrected chi connectivity index (χ2v) is 8.98. The van der Waals surface area contributed by atoms with Gasteiger partial charge in [-0.3, -0.25) is 0 Å². The van der Waals surface area contributed by atoms with Gasteiger partial charge < -0.3 is 0 Å². The average Bonchev–Trinajstić information content (AvgIpc) is 3.41. The molecule has 0 amide bonds. The van der Waals surface area contributed by atoms with E-state index in [1.54, 1.807) is 0 Å². The number of hydrogen-bond donors (Lipinski definition) is 0. The van der Waals surface area contributed by atoms with Crippen molar-refractivity contribution in [1.82, 2.24) is 0 Å². The molecule has 0 spiro atoms. The van der Waals surface area contributed by atoms with Crippen LogP contribution in [0.4, 0.5) is 0 Å². The van der Waals surface area contributed by atoms with Gasteiger partial charge in [-0.15, -0.1) is 0 Å². The molecule has 2 atom stereocenters. The topological polar surface area (TPSA) is 0 Å². The van der Waals surface area contributed by atoms with Crippen LogP contribution < -0.4 is 0 Å². The zero-order valence-electron chi connectivity index (χ0n) is 12.5. The van der Waals surface area contributed by atoms with Crippen LogP contribution in [0.1, 0.15) is 46.6 Å². The fourth-order valence-electron chi connectivity index (χ4n) is 2.88. The highest BCUT2D eigenvalue weighted by Gasteiger charge is 2.28. The summed E-state index contributed by atoms with van der Waals surface area (Å²) in [4.78, 5) is 0. The number of thioether (sulfide) groups is 2. The average molecular weight is 313 g/mol. The van der Waals surface area contributed by atoms with Crippen LogP contribution in [0.5, 0.6) is 0 Å². The fourth-order valence-corrected chi connectivity index (χ4v) is 4.15. The van der Waals surface area contributed by atoms with Crippen molar-refractivity contribution >= 4 is 23.5 Å². The molecule has 108 valence electrons. The molecule has 2 aliphatic rings. The van der Waals surface area contributed by atoms with Crippen molar-refractivity contribution in [2.24, 2.45) is 0 Å². The third-order valence-electron chi connectivity index (χ3n) is 4.67. The highest BCUT2D eigenvalue weighted by Crippen LogP contribution is 2.47. The lowest BCUT2D eigenvalue weighted by atomic mass is 9.77. The van der Waals surface area contributed by atoms with E-state index in [9.17, 15) is 0 Å². The summed E-state index contributed by atoms with van der Waals surface area (Å²) >= 11 is 4.08. The van der Waals surface area contributed by atoms with Crippen molar-refractivity contribution in [3.8, 4) is 0 Å². The van der Waals surface area contributed by atoms with Gasteiger partial charge in [-0.05, 0) is 22.3 Å². The minimum absolute atomic E-state index is 0.0739. The first kappa shape index (κ1) is 13.8. The quantitative estimate of drug-likeness (QED) is 0.675. The number of rotatable bonds is 4. The maximum atomic E-state index is 2.33. The largest absolute Gasteiger partial charge is 0.151 e. The summed E-state index contributed by atoms with van der Waals surface area (Å²) in [6, 6.07) is 18.5. The molecule has 2 aromatic rings. The first-order chi connectivity index (χ1) is 10.1. The van der Waals surface area contributed by atoms with Crippen LogP contribution in [0, 0.1) is 0 Å². The standard InChI is InChI=1S/C19H20S2/c1-19(2,15-7-3-13(4-8-15)17-11-20-17)16-9-5-14(6-10-16)18-12-21-18/h3-10,17-18H,11-12H2,1-2H3. The predicted molar refractivity (Wildman–Crippen MR) is 95.4 cm³/mol. The van der Waals surface area contributed by atoms with Crippen molar-refractivity contribution in [3.05, 3.63) is 70.8 Å². The molecule has 0 nitrogen and oxygen atoms in total. The van der Waals surface area contributed by atoms with Crippen molar-refractivity contribution in [2.75, 3.05) is 11.5 Å². The molecule has 2 saturated heterocycles. The lowest BCUT2D eigenvalue weighted by molar-refractivity contribution is 0.640. The summed E-state index contributed by atoms with van der Waals surface area (Å²) in [5.41, 5.74) is 5.86. The van der Waals surface area contributed by atoms with E-state index in [0.29, 0.717) is 0 Å². The van der Waals surface area contributed by atoms with Crippen LogP contribution in [0.2, 0.25) is 0 Å². The summed E-state index contributed by atoms with van der Waals surface area (Å²) in [6.07, 6.45) is 0. The third-order valence-corrected chi connectivity index (χ3v) is 6.55. The normalized spacial score (nSPS) is 23.9. The predicted octanol–water partition coefficient (Wildman–Crippen LogP) is 5.59. The second kappa shape index (κ2) is 5.10. The molecule has 2 aromatic carbocycles. The molecule has 2 unspecified atom stereocenters. The first-order valence-corrected chi connectivity index (χ1v) is 9.68. The van der Waals surface area contributed by atoms with Gasteiger partial charge in [0.15, 0.2) is 0 Å². The van der Waals surface area contributed by atoms with Gasteiger partial charge in [0.05, 0.1) is 0 Å². The van der Waals surface area contributed by atoms with E-state index >= 15 is 0 Å². The SMILES string of the molecule is CC(C)(c1ccc(C2CS2)cc1)c1ccc(C2CS2)cc1. The first-order valence-electron chi connectivity index (χ1n) is 7.59. The molecule has 4 rings (SSSR count). The highest BCUT2D eigenvalue weighted by atomic mass is 32.2. The Labute approximate surface area is 135 Å². The Morgan fingerprint density at radius 3 is 1.33 bits per heavy atom. The van der Waals surface area contributed by atoms with Gasteiger partial charge in [0.1, 0.15) is 0 Å². The van der Waals surface area contributed by atoms with E-state index in [4.69, 9.17) is 0 Å². The molecule has 2 heterocycles. The zero-order chi connectivity index (χ0) is 14.4. The fraction of sp³-hybridized carbons (Fsp3) is 0.368. The summed E-state index contributed by atoms with van der Waals surface area (Å²) in [5.74, 6) is 2.59. The molecule has 0 aromatic heterocycles. The Morgan fingerprint density at radius 1 is 0.714 bits per heavy atom. The van der Waals surface area contributed by atoms with E-state index < -0.39 is 0 Å². The molecule has 0 aliphatic carbocycles. The molecular formula is C19H20S2. The van der Waals surface area contributed by atoms with Crippen molar-refractivity contribution in [1.29, 1.82) is 0 Å². The van der Waals surface area contributed by atoms with Crippen LogP contribution in [-0.2, 0) is 5.41 Å². The Balaban J connectivity index is 1.60. The second-order valence-electron chi connectivity index (χ2n) is 6.51. The number of benzene rings is 2. The summed E-state index contributed by atoms with van der Waals surface area (Å²) in [5, 5.41) is 1.52. The molecule has 2 heteroatoms. The van der Waals surface area contributed by atoms with E-state index in [0.717, 1.165) is 10.5 Å². The van der Waals surface area contributed by atoms with E-state index in [1.807, 2.05) is 23.5 Å². The summed E-state index contributed by atoms with van der Waals surface area (Å²) in [6.45, 7) is 4.66. The van der Waals surface area contributed by atoms with Crippen LogP contribution in [-0.4, -0.2) is 11.5 Å². The van der Waals surface area contributed by atoms with Gasteiger partial charge >= 0.3 is 0 Å². The molecule has 2 aliphatic heterocycles. The smallest absolute Gasteiger partial charge is 0.0388 e. The molecule has 0 bridgehead atoms. The van der Waals surface area contributed by atoms with Crippen LogP contribution >= 0.6 is 23.5 Å². The van der Waals surface area contributed by atoms with Crippen LogP contribution in [0.25, 0.3) is 0 Å². The third kappa shape index (κ3) is 2.76. The zero-order valence-corrected chi connectivity index (χ0v) is 14.1. The van der Waals surface area contributed by atoms with Gasteiger partial charge in [-0.2, -0.15) is 23.5 Å². The van der Waals surface area contributed by atoms with E-state index in [1.165, 1.54) is 33.8 Å². The minimum atomic E-state index is 0.0739. The lowest BCUT2D eigenvalue weighted by Crippen LogP contribution is -2.18. The Kier molecular flexibility index (Phi) is 3.35. The van der Waals surface area contributed by atoms with Crippen molar-refractivity contribution in [3.63, 3.8) is 0 Å². The van der Waals surface area contributed by atoms with E-state index in [2.05, 4.69) is 62.4 Å². The van der Waals surface area contributed by atoms with Gasteiger partial charge in [-0.1, -0.05) is 62.4 Å². The Bertz CT molecular complexity index is 575. The lowest BCUT2D eigenvalue weighted by Gasteiger charge is -2.26. The van der Waals surface area contributed by atoms with Gasteiger partial charge in [0.25, 0.3) is 0 Å². The molecule has 0 N–H and O–H groups in total. The summed E-state index contributed by atoms with van der Waals surface area (Å²) in [7, 11) is 0. The van der Waals surface area contributed by atoms with Crippen molar-refractivity contribution < 1.29 is 0 Å². The minimum Gasteiger partial charge on any atom is -0.151 e. The molecule has 21 heavy (non-hydrogen) atoms. The highest BCUT2D eigenvalue weighted by molar-refractivity contribution is 8.06. The van der Waals surface area contributed by atoms with Crippen LogP contribution in [0.15, 0.2) is 48.5 Å². The van der Waals surface area contributed by atoms with Crippen molar-refractivity contribution in [2.45, 2.75) is 29.8 Å². The monoisotopic (exact) mass is 312 g/mol. The molecular weight excluding hydrogens is 292 g/mol. The van der Waals surface area contributed by atoms with Gasteiger partial charge in [-0.25, -0.2) is 0 Å². The van der Waals surface area contributed by atoms with Crippen LogP contribution in [0.3, 0.4) is 0 Å². The number of hydrogen-bond acceptors (Lipinski definition) is 2. The van der Waals surface area contributed by atoms with E-state index in [-0.39, 0.29) is 5.41 Å².